The van der Waals surface area contributed by atoms with Gasteiger partial charge in [-0.25, -0.2) is 4.39 Å². The Labute approximate surface area is 145 Å². The monoisotopic (exact) mass is 346 g/mol. The number of carbonyl (C=O) groups is 1. The SMILES string of the molecule is CC1(C)OB(c2cnn(CC(=O)Nc3ccncc3F)c2)OC1(C)C. The Hall–Kier alpha value is -2.26. The summed E-state index contributed by atoms with van der Waals surface area (Å²) in [5.41, 5.74) is -0.0914. The van der Waals surface area contributed by atoms with Crippen molar-refractivity contribution in [2.45, 2.75) is 45.4 Å². The van der Waals surface area contributed by atoms with Gasteiger partial charge in [-0.1, -0.05) is 0 Å². The minimum atomic E-state index is -0.589. The molecule has 0 atom stereocenters. The molecule has 1 N–H and O–H groups in total. The lowest BCUT2D eigenvalue weighted by Gasteiger charge is -2.32. The molecule has 3 rings (SSSR count). The second-order valence-electron chi connectivity index (χ2n) is 6.96. The molecule has 1 saturated heterocycles. The molecule has 1 fully saturated rings. The number of aromatic nitrogens is 3. The Kier molecular flexibility index (Phi) is 4.38. The van der Waals surface area contributed by atoms with Crippen molar-refractivity contribution in [1.29, 1.82) is 0 Å². The Morgan fingerprint density at radius 2 is 1.96 bits per heavy atom. The molecule has 9 heteroatoms. The highest BCUT2D eigenvalue weighted by atomic mass is 19.1. The van der Waals surface area contributed by atoms with Crippen LogP contribution in [0, 0.1) is 5.82 Å². The lowest BCUT2D eigenvalue weighted by atomic mass is 9.82. The normalized spacial score (nSPS) is 18.4. The first-order chi connectivity index (χ1) is 11.7. The van der Waals surface area contributed by atoms with E-state index in [-0.39, 0.29) is 12.2 Å². The average Bonchev–Trinajstić information content (AvgIpc) is 3.04. The van der Waals surface area contributed by atoms with E-state index in [1.54, 1.807) is 12.4 Å². The van der Waals surface area contributed by atoms with Crippen LogP contribution >= 0.6 is 0 Å². The predicted molar refractivity (Wildman–Crippen MR) is 90.8 cm³/mol. The fourth-order valence-corrected chi connectivity index (χ4v) is 2.38. The van der Waals surface area contributed by atoms with Gasteiger partial charge in [-0.15, -0.1) is 0 Å². The lowest BCUT2D eigenvalue weighted by molar-refractivity contribution is -0.116. The topological polar surface area (TPSA) is 78.3 Å². The third-order valence-electron chi connectivity index (χ3n) is 4.53. The van der Waals surface area contributed by atoms with Crippen LogP contribution in [-0.2, 0) is 20.6 Å². The van der Waals surface area contributed by atoms with E-state index in [4.69, 9.17) is 9.31 Å². The number of halogens is 1. The summed E-state index contributed by atoms with van der Waals surface area (Å²) < 4.78 is 26.9. The number of rotatable bonds is 4. The molecule has 1 aliphatic heterocycles. The molecule has 7 nitrogen and oxygen atoms in total. The summed E-state index contributed by atoms with van der Waals surface area (Å²) >= 11 is 0. The fourth-order valence-electron chi connectivity index (χ4n) is 2.38. The minimum absolute atomic E-state index is 0.0543. The Balaban J connectivity index is 1.65. The van der Waals surface area contributed by atoms with Crippen molar-refractivity contribution in [1.82, 2.24) is 14.8 Å². The molecule has 3 heterocycles. The summed E-state index contributed by atoms with van der Waals surface area (Å²) in [6, 6.07) is 1.39. The smallest absolute Gasteiger partial charge is 0.399 e. The Morgan fingerprint density at radius 3 is 2.60 bits per heavy atom. The zero-order chi connectivity index (χ0) is 18.2. The third kappa shape index (κ3) is 3.57. The maximum atomic E-state index is 13.5. The largest absolute Gasteiger partial charge is 0.498 e. The third-order valence-corrected chi connectivity index (χ3v) is 4.53. The molecule has 0 radical (unpaired) electrons. The van der Waals surface area contributed by atoms with E-state index in [0.29, 0.717) is 0 Å². The van der Waals surface area contributed by atoms with Gasteiger partial charge in [-0.05, 0) is 33.8 Å². The molecular weight excluding hydrogens is 326 g/mol. The van der Waals surface area contributed by atoms with Crippen LogP contribution in [0.5, 0.6) is 0 Å². The van der Waals surface area contributed by atoms with E-state index < -0.39 is 30.0 Å². The van der Waals surface area contributed by atoms with Crippen LogP contribution in [0.4, 0.5) is 10.1 Å². The predicted octanol–water partition coefficient (Wildman–Crippen LogP) is 1.36. The molecule has 0 saturated carbocycles. The van der Waals surface area contributed by atoms with Crippen LogP contribution in [0.15, 0.2) is 30.9 Å². The highest BCUT2D eigenvalue weighted by Gasteiger charge is 2.52. The summed E-state index contributed by atoms with van der Waals surface area (Å²) in [7, 11) is -0.542. The van der Waals surface area contributed by atoms with Crippen molar-refractivity contribution in [3.63, 3.8) is 0 Å². The molecule has 0 aromatic carbocycles. The number of pyridine rings is 1. The molecule has 132 valence electrons. The second kappa shape index (κ2) is 6.23. The molecule has 0 bridgehead atoms. The zero-order valence-corrected chi connectivity index (χ0v) is 14.6. The van der Waals surface area contributed by atoms with Crippen molar-refractivity contribution in [2.75, 3.05) is 5.32 Å². The first kappa shape index (κ1) is 17.6. The molecule has 2 aromatic rings. The first-order valence-corrected chi connectivity index (χ1v) is 7.95. The van der Waals surface area contributed by atoms with E-state index in [1.165, 1.54) is 16.9 Å². The molecular formula is C16H20BFN4O3. The van der Waals surface area contributed by atoms with Gasteiger partial charge in [0, 0.05) is 24.1 Å². The molecule has 0 unspecified atom stereocenters. The van der Waals surface area contributed by atoms with E-state index in [9.17, 15) is 9.18 Å². The Morgan fingerprint density at radius 1 is 1.28 bits per heavy atom. The van der Waals surface area contributed by atoms with Crippen molar-refractivity contribution >= 4 is 24.2 Å². The molecule has 0 aliphatic carbocycles. The molecule has 2 aromatic heterocycles. The van der Waals surface area contributed by atoms with E-state index in [0.717, 1.165) is 11.7 Å². The quantitative estimate of drug-likeness (QED) is 0.846. The van der Waals surface area contributed by atoms with Crippen LogP contribution in [0.25, 0.3) is 0 Å². The van der Waals surface area contributed by atoms with Gasteiger partial charge in [-0.3, -0.25) is 14.5 Å². The molecule has 25 heavy (non-hydrogen) atoms. The number of nitrogens with zero attached hydrogens (tertiary/aromatic N) is 3. The van der Waals surface area contributed by atoms with Gasteiger partial charge in [0.15, 0.2) is 5.82 Å². The van der Waals surface area contributed by atoms with Gasteiger partial charge in [0.1, 0.15) is 6.54 Å². The van der Waals surface area contributed by atoms with Gasteiger partial charge in [0.2, 0.25) is 5.91 Å². The van der Waals surface area contributed by atoms with Crippen molar-refractivity contribution < 1.29 is 18.5 Å². The maximum Gasteiger partial charge on any atom is 0.498 e. The van der Waals surface area contributed by atoms with Gasteiger partial charge in [-0.2, -0.15) is 5.10 Å². The van der Waals surface area contributed by atoms with Crippen LogP contribution < -0.4 is 10.8 Å². The lowest BCUT2D eigenvalue weighted by Crippen LogP contribution is -2.41. The van der Waals surface area contributed by atoms with E-state index in [1.807, 2.05) is 27.7 Å². The minimum Gasteiger partial charge on any atom is -0.399 e. The number of nitrogens with one attached hydrogen (secondary N) is 1. The summed E-state index contributed by atoms with van der Waals surface area (Å²) in [6.07, 6.45) is 5.73. The van der Waals surface area contributed by atoms with Crippen LogP contribution in [0.3, 0.4) is 0 Å². The standard InChI is InChI=1S/C16H20BFN4O3/c1-15(2)16(3,4)25-17(24-15)11-7-20-22(9-11)10-14(23)21-13-5-6-19-8-12(13)18/h5-9H,10H2,1-4H3,(H,19,21,23). The summed E-state index contributed by atoms with van der Waals surface area (Å²) in [5.74, 6) is -0.983. The number of anilines is 1. The second-order valence-corrected chi connectivity index (χ2v) is 6.96. The van der Waals surface area contributed by atoms with Gasteiger partial charge in [0.05, 0.1) is 23.1 Å². The summed E-state index contributed by atoms with van der Waals surface area (Å²) in [5, 5.41) is 6.64. The van der Waals surface area contributed by atoms with Crippen LogP contribution in [0.1, 0.15) is 27.7 Å². The highest BCUT2D eigenvalue weighted by molar-refractivity contribution is 6.62. The van der Waals surface area contributed by atoms with Crippen molar-refractivity contribution in [2.24, 2.45) is 0 Å². The van der Waals surface area contributed by atoms with Crippen molar-refractivity contribution in [3.8, 4) is 0 Å². The number of amides is 1. The Bertz CT molecular complexity index is 777. The maximum absolute atomic E-state index is 13.5. The van der Waals surface area contributed by atoms with Gasteiger partial charge >= 0.3 is 7.12 Å². The fraction of sp³-hybridized carbons (Fsp3) is 0.438. The number of hydrogen-bond acceptors (Lipinski definition) is 5. The van der Waals surface area contributed by atoms with Crippen molar-refractivity contribution in [3.05, 3.63) is 36.7 Å². The van der Waals surface area contributed by atoms with Gasteiger partial charge < -0.3 is 14.6 Å². The van der Waals surface area contributed by atoms with Gasteiger partial charge in [0.25, 0.3) is 0 Å². The zero-order valence-electron chi connectivity index (χ0n) is 14.6. The molecule has 0 spiro atoms. The number of hydrogen-bond donors (Lipinski definition) is 1. The highest BCUT2D eigenvalue weighted by Crippen LogP contribution is 2.36. The number of carbonyl (C=O) groups excluding carboxylic acids is 1. The van der Waals surface area contributed by atoms with Crippen LogP contribution in [-0.4, -0.2) is 39.0 Å². The first-order valence-electron chi connectivity index (χ1n) is 7.95. The van der Waals surface area contributed by atoms with Crippen LogP contribution in [0.2, 0.25) is 0 Å². The molecule has 1 aliphatic rings. The summed E-state index contributed by atoms with van der Waals surface area (Å²) in [4.78, 5) is 15.7. The van der Waals surface area contributed by atoms with E-state index in [2.05, 4.69) is 15.4 Å². The average molecular weight is 346 g/mol. The summed E-state index contributed by atoms with van der Waals surface area (Å²) in [6.45, 7) is 7.81. The van der Waals surface area contributed by atoms with E-state index >= 15 is 0 Å². The molecule has 1 amide bonds.